The molecule has 1 heterocycles. The Morgan fingerprint density at radius 1 is 1.11 bits per heavy atom. The number of nitrogens with zero attached hydrogens (tertiary/aromatic N) is 3. The van der Waals surface area contributed by atoms with Gasteiger partial charge in [-0.3, -0.25) is 4.79 Å². The molecule has 2 aromatic carbocycles. The van der Waals surface area contributed by atoms with E-state index in [1.165, 1.54) is 40.4 Å². The molecule has 27 heavy (non-hydrogen) atoms. The molecule has 1 aromatic heterocycles. The van der Waals surface area contributed by atoms with E-state index in [4.69, 9.17) is 0 Å². The van der Waals surface area contributed by atoms with Gasteiger partial charge in [0.2, 0.25) is 0 Å². The molecule has 0 radical (unpaired) electrons. The van der Waals surface area contributed by atoms with E-state index < -0.39 is 0 Å². The van der Waals surface area contributed by atoms with Crippen LogP contribution in [0.5, 0.6) is 0 Å². The van der Waals surface area contributed by atoms with E-state index in [-0.39, 0.29) is 11.0 Å². The van der Waals surface area contributed by atoms with E-state index in [1.807, 2.05) is 37.3 Å². The quantitative estimate of drug-likeness (QED) is 0.382. The molecule has 0 aliphatic heterocycles. The lowest BCUT2D eigenvalue weighted by Crippen LogP contribution is -2.03. The largest absolute Gasteiger partial charge is 0.293 e. The van der Waals surface area contributed by atoms with Crippen LogP contribution in [0.15, 0.2) is 63.3 Å². The smallest absolute Gasteiger partial charge is 0.176 e. The van der Waals surface area contributed by atoms with Crippen LogP contribution in [0.25, 0.3) is 0 Å². The molecule has 0 spiro atoms. The predicted octanol–water partition coefficient (Wildman–Crippen LogP) is 5.05. The molecule has 0 unspecified atom stereocenters. The average molecular weight is 412 g/mol. The molecule has 136 valence electrons. The lowest BCUT2D eigenvalue weighted by atomic mass is 10.1. The van der Waals surface area contributed by atoms with Gasteiger partial charge in [0.1, 0.15) is 5.25 Å². The van der Waals surface area contributed by atoms with Gasteiger partial charge in [-0.2, -0.15) is 5.26 Å². The summed E-state index contributed by atoms with van der Waals surface area (Å²) in [6.45, 7) is 2.04. The molecule has 3 rings (SSSR count). The monoisotopic (exact) mass is 411 g/mol. The number of carbonyl (C=O) groups is 1. The Kier molecular flexibility index (Phi) is 7.04. The van der Waals surface area contributed by atoms with Crippen LogP contribution in [-0.4, -0.2) is 27.0 Å². The van der Waals surface area contributed by atoms with Crippen molar-refractivity contribution < 1.29 is 4.79 Å². The maximum atomic E-state index is 12.2. The molecule has 0 fully saturated rings. The van der Waals surface area contributed by atoms with Crippen molar-refractivity contribution in [3.63, 3.8) is 0 Å². The molecule has 0 bridgehead atoms. The van der Waals surface area contributed by atoms with E-state index in [1.54, 1.807) is 0 Å². The normalized spacial score (nSPS) is 11.7. The molecule has 0 saturated carbocycles. The van der Waals surface area contributed by atoms with Crippen LogP contribution in [0.1, 0.15) is 21.5 Å². The van der Waals surface area contributed by atoms with Gasteiger partial charge in [-0.25, -0.2) is 0 Å². The number of ketones is 1. The standard InChI is InChI=1S/C20H17N3OS3/c1-14-7-9-15(10-8-14)11-17(12-21)26-20-23-22-19(27-20)25-13-18(24)16-5-3-2-4-6-16/h2-10,17H,11,13H2,1H3/t17-/m1/s1. The van der Waals surface area contributed by atoms with Crippen molar-refractivity contribution in [1.29, 1.82) is 5.26 Å². The van der Waals surface area contributed by atoms with Gasteiger partial charge in [0.25, 0.3) is 0 Å². The van der Waals surface area contributed by atoms with Gasteiger partial charge in [0.05, 0.1) is 11.8 Å². The van der Waals surface area contributed by atoms with E-state index in [0.717, 1.165) is 14.2 Å². The highest BCUT2D eigenvalue weighted by Gasteiger charge is 2.15. The summed E-state index contributed by atoms with van der Waals surface area (Å²) in [5, 5.41) is 17.5. The fourth-order valence-corrected chi connectivity index (χ4v) is 5.39. The van der Waals surface area contributed by atoms with Crippen LogP contribution in [0, 0.1) is 18.3 Å². The fraction of sp³-hybridized carbons (Fsp3) is 0.200. The lowest BCUT2D eigenvalue weighted by molar-refractivity contribution is 0.102. The number of carbonyl (C=O) groups excluding carboxylic acids is 1. The van der Waals surface area contributed by atoms with Crippen molar-refractivity contribution in [2.75, 3.05) is 5.75 Å². The molecule has 0 amide bonds. The van der Waals surface area contributed by atoms with Crippen molar-refractivity contribution >= 4 is 40.6 Å². The summed E-state index contributed by atoms with van der Waals surface area (Å²) in [5.41, 5.74) is 3.04. The number of nitriles is 1. The second kappa shape index (κ2) is 9.70. The summed E-state index contributed by atoms with van der Waals surface area (Å²) in [4.78, 5) is 12.2. The number of Topliss-reactive ketones (excluding diaryl/α,β-unsaturated/α-hetero) is 1. The summed E-state index contributed by atoms with van der Waals surface area (Å²) in [5.74, 6) is 0.397. The Balaban J connectivity index is 1.54. The lowest BCUT2D eigenvalue weighted by Gasteiger charge is -2.06. The minimum Gasteiger partial charge on any atom is -0.293 e. The number of hydrogen-bond acceptors (Lipinski definition) is 7. The summed E-state index contributed by atoms with van der Waals surface area (Å²) >= 11 is 4.24. The van der Waals surface area contributed by atoms with Gasteiger partial charge in [-0.15, -0.1) is 10.2 Å². The number of hydrogen-bond donors (Lipinski definition) is 0. The second-order valence-corrected chi connectivity index (χ2v) is 9.49. The topological polar surface area (TPSA) is 66.6 Å². The van der Waals surface area contributed by atoms with E-state index in [2.05, 4.69) is 40.5 Å². The van der Waals surface area contributed by atoms with Crippen molar-refractivity contribution in [3.8, 4) is 6.07 Å². The third-order valence-corrected chi connectivity index (χ3v) is 6.97. The van der Waals surface area contributed by atoms with Crippen LogP contribution in [-0.2, 0) is 6.42 Å². The highest BCUT2D eigenvalue weighted by Crippen LogP contribution is 2.32. The third-order valence-electron chi connectivity index (χ3n) is 3.74. The number of aryl methyl sites for hydroxylation is 1. The Morgan fingerprint density at radius 3 is 2.52 bits per heavy atom. The van der Waals surface area contributed by atoms with Crippen LogP contribution < -0.4 is 0 Å². The molecule has 3 aromatic rings. The maximum Gasteiger partial charge on any atom is 0.176 e. The summed E-state index contributed by atoms with van der Waals surface area (Å²) < 4.78 is 1.50. The predicted molar refractivity (Wildman–Crippen MR) is 112 cm³/mol. The van der Waals surface area contributed by atoms with Crippen molar-refractivity contribution in [2.45, 2.75) is 27.3 Å². The SMILES string of the molecule is Cc1ccc(C[C@H](C#N)Sc2nnc(SCC(=O)c3ccccc3)s2)cc1. The first-order chi connectivity index (χ1) is 13.1. The third kappa shape index (κ3) is 5.93. The molecule has 0 aliphatic carbocycles. The number of thioether (sulfide) groups is 2. The van der Waals surface area contributed by atoms with E-state index >= 15 is 0 Å². The molecular weight excluding hydrogens is 394 g/mol. The second-order valence-electron chi connectivity index (χ2n) is 5.84. The van der Waals surface area contributed by atoms with Crippen LogP contribution in [0.3, 0.4) is 0 Å². The van der Waals surface area contributed by atoms with Gasteiger partial charge in [0.15, 0.2) is 14.5 Å². The Morgan fingerprint density at radius 2 is 1.81 bits per heavy atom. The maximum absolute atomic E-state index is 12.2. The van der Waals surface area contributed by atoms with Crippen molar-refractivity contribution in [1.82, 2.24) is 10.2 Å². The molecular formula is C20H17N3OS3. The first-order valence-corrected chi connectivity index (χ1v) is 11.0. The number of aromatic nitrogens is 2. The molecule has 0 N–H and O–H groups in total. The average Bonchev–Trinajstić information content (AvgIpc) is 3.15. The van der Waals surface area contributed by atoms with E-state index in [9.17, 15) is 10.1 Å². The fourth-order valence-electron chi connectivity index (χ4n) is 2.31. The van der Waals surface area contributed by atoms with E-state index in [0.29, 0.717) is 17.7 Å². The highest BCUT2D eigenvalue weighted by atomic mass is 32.2. The molecule has 1 atom stereocenters. The Labute approximate surface area is 171 Å². The summed E-state index contributed by atoms with van der Waals surface area (Å²) in [6.07, 6.45) is 0.663. The van der Waals surface area contributed by atoms with Crippen molar-refractivity contribution in [3.05, 3.63) is 71.3 Å². The number of benzene rings is 2. The molecule has 7 heteroatoms. The molecule has 0 aliphatic rings. The highest BCUT2D eigenvalue weighted by molar-refractivity contribution is 8.04. The van der Waals surface area contributed by atoms with Crippen molar-refractivity contribution in [2.24, 2.45) is 0 Å². The number of rotatable bonds is 8. The first-order valence-electron chi connectivity index (χ1n) is 8.30. The summed E-state index contributed by atoms with van der Waals surface area (Å²) in [7, 11) is 0. The van der Waals surface area contributed by atoms with Crippen LogP contribution in [0.4, 0.5) is 0 Å². The summed E-state index contributed by atoms with van der Waals surface area (Å²) in [6, 6.07) is 19.8. The van der Waals surface area contributed by atoms with Gasteiger partial charge < -0.3 is 0 Å². The Bertz CT molecular complexity index is 933. The zero-order valence-electron chi connectivity index (χ0n) is 14.7. The van der Waals surface area contributed by atoms with Gasteiger partial charge in [0, 0.05) is 5.56 Å². The molecule has 4 nitrogen and oxygen atoms in total. The minimum absolute atomic E-state index is 0.0688. The first kappa shape index (κ1) is 19.6. The molecule has 0 saturated heterocycles. The van der Waals surface area contributed by atoms with Gasteiger partial charge in [-0.05, 0) is 18.9 Å². The van der Waals surface area contributed by atoms with Gasteiger partial charge in [-0.1, -0.05) is 95.0 Å². The zero-order valence-corrected chi connectivity index (χ0v) is 17.1. The van der Waals surface area contributed by atoms with Gasteiger partial charge >= 0.3 is 0 Å². The zero-order chi connectivity index (χ0) is 19.1. The van der Waals surface area contributed by atoms with Crippen LogP contribution >= 0.6 is 34.9 Å². The Hall–Kier alpha value is -2.14. The minimum atomic E-state index is -0.218. The van der Waals surface area contributed by atoms with Crippen LogP contribution in [0.2, 0.25) is 0 Å².